The van der Waals surface area contributed by atoms with Gasteiger partial charge in [0.25, 0.3) is 5.91 Å². The number of nitrogens with one attached hydrogen (secondary N) is 2. The smallest absolute Gasteiger partial charge is 0.251 e. The lowest BCUT2D eigenvalue weighted by atomic mass is 10.1. The van der Waals surface area contributed by atoms with Crippen molar-refractivity contribution in [1.29, 1.82) is 0 Å². The van der Waals surface area contributed by atoms with Crippen molar-refractivity contribution in [2.24, 2.45) is 0 Å². The number of carbonyl (C=O) groups is 3. The minimum atomic E-state index is -0.209. The summed E-state index contributed by atoms with van der Waals surface area (Å²) in [6.07, 6.45) is 0.249. The van der Waals surface area contributed by atoms with E-state index in [0.717, 1.165) is 5.56 Å². The van der Waals surface area contributed by atoms with Crippen molar-refractivity contribution >= 4 is 17.6 Å². The summed E-state index contributed by atoms with van der Waals surface area (Å²) in [6.45, 7) is 2.77. The second-order valence-corrected chi connectivity index (χ2v) is 5.94. The molecule has 6 heteroatoms. The van der Waals surface area contributed by atoms with E-state index in [1.54, 1.807) is 49.5 Å². The van der Waals surface area contributed by atoms with Crippen LogP contribution >= 0.6 is 0 Å². The van der Waals surface area contributed by atoms with Gasteiger partial charge in [-0.15, -0.1) is 0 Å². The van der Waals surface area contributed by atoms with Crippen molar-refractivity contribution in [2.45, 2.75) is 26.3 Å². The van der Waals surface area contributed by atoms with Gasteiger partial charge in [-0.2, -0.15) is 0 Å². The highest BCUT2D eigenvalue weighted by atomic mass is 16.5. The summed E-state index contributed by atoms with van der Waals surface area (Å²) >= 11 is 0. The molecular formula is C21H24N2O4. The van der Waals surface area contributed by atoms with Crippen LogP contribution in [-0.2, 0) is 11.3 Å². The van der Waals surface area contributed by atoms with Gasteiger partial charge >= 0.3 is 0 Å². The van der Waals surface area contributed by atoms with E-state index in [0.29, 0.717) is 30.0 Å². The summed E-state index contributed by atoms with van der Waals surface area (Å²) < 4.78 is 5.34. The molecule has 142 valence electrons. The quantitative estimate of drug-likeness (QED) is 0.667. The summed E-state index contributed by atoms with van der Waals surface area (Å²) in [5.74, 6) is 0.240. The van der Waals surface area contributed by atoms with E-state index < -0.39 is 0 Å². The average molecular weight is 368 g/mol. The highest BCUT2D eigenvalue weighted by Crippen LogP contribution is 2.14. The number of benzene rings is 2. The third-order valence-electron chi connectivity index (χ3n) is 3.97. The Labute approximate surface area is 158 Å². The van der Waals surface area contributed by atoms with Crippen molar-refractivity contribution in [2.75, 3.05) is 13.7 Å². The molecule has 0 unspecified atom stereocenters. The number of ether oxygens (including phenoxy) is 1. The van der Waals surface area contributed by atoms with Gasteiger partial charge in [0, 0.05) is 37.6 Å². The number of rotatable bonds is 9. The first-order chi connectivity index (χ1) is 13.0. The number of hydrogen-bond acceptors (Lipinski definition) is 4. The van der Waals surface area contributed by atoms with Crippen molar-refractivity contribution in [3.8, 4) is 5.75 Å². The summed E-state index contributed by atoms with van der Waals surface area (Å²) in [7, 11) is 1.57. The molecule has 0 spiro atoms. The first-order valence-electron chi connectivity index (χ1n) is 8.87. The Morgan fingerprint density at radius 3 is 2.37 bits per heavy atom. The minimum absolute atomic E-state index is 0.0881. The van der Waals surface area contributed by atoms with Crippen LogP contribution in [0.2, 0.25) is 0 Å². The summed E-state index contributed by atoms with van der Waals surface area (Å²) in [5.41, 5.74) is 1.92. The van der Waals surface area contributed by atoms with E-state index in [4.69, 9.17) is 4.74 Å². The number of ketones is 1. The monoisotopic (exact) mass is 368 g/mol. The van der Waals surface area contributed by atoms with E-state index in [2.05, 4.69) is 10.6 Å². The van der Waals surface area contributed by atoms with Gasteiger partial charge in [-0.3, -0.25) is 14.4 Å². The fourth-order valence-corrected chi connectivity index (χ4v) is 2.53. The molecule has 0 atom stereocenters. The van der Waals surface area contributed by atoms with E-state index in [-0.39, 0.29) is 30.4 Å². The normalized spacial score (nSPS) is 10.1. The van der Waals surface area contributed by atoms with Crippen LogP contribution in [-0.4, -0.2) is 31.3 Å². The Bertz CT molecular complexity index is 800. The first-order valence-corrected chi connectivity index (χ1v) is 8.87. The SMILES string of the molecule is CCOc1ccc(C(=O)CCC(=O)NCc2cccc(C(=O)NC)c2)cc1. The van der Waals surface area contributed by atoms with E-state index in [1.807, 2.05) is 13.0 Å². The highest BCUT2D eigenvalue weighted by Gasteiger charge is 2.10. The van der Waals surface area contributed by atoms with Crippen LogP contribution in [0.5, 0.6) is 5.75 Å². The maximum atomic E-state index is 12.2. The molecule has 0 saturated heterocycles. The number of carbonyl (C=O) groups excluding carboxylic acids is 3. The van der Waals surface area contributed by atoms with Crippen molar-refractivity contribution in [3.63, 3.8) is 0 Å². The predicted octanol–water partition coefficient (Wildman–Crippen LogP) is 2.72. The maximum absolute atomic E-state index is 12.2. The van der Waals surface area contributed by atoms with Gasteiger partial charge < -0.3 is 15.4 Å². The fourth-order valence-electron chi connectivity index (χ4n) is 2.53. The van der Waals surface area contributed by atoms with Gasteiger partial charge in [-0.1, -0.05) is 12.1 Å². The second kappa shape index (κ2) is 10.1. The molecule has 2 amide bonds. The van der Waals surface area contributed by atoms with Crippen LogP contribution in [0.1, 0.15) is 46.0 Å². The molecule has 6 nitrogen and oxygen atoms in total. The molecule has 0 aliphatic carbocycles. The lowest BCUT2D eigenvalue weighted by Crippen LogP contribution is -2.24. The number of hydrogen-bond donors (Lipinski definition) is 2. The molecule has 2 aromatic rings. The van der Waals surface area contributed by atoms with Crippen LogP contribution in [0.3, 0.4) is 0 Å². The van der Waals surface area contributed by atoms with Gasteiger partial charge in [-0.25, -0.2) is 0 Å². The maximum Gasteiger partial charge on any atom is 0.251 e. The zero-order valence-corrected chi connectivity index (χ0v) is 15.6. The van der Waals surface area contributed by atoms with Gasteiger partial charge in [0.15, 0.2) is 5.78 Å². The molecule has 2 N–H and O–H groups in total. The molecule has 0 fully saturated rings. The Balaban J connectivity index is 1.80. The van der Waals surface area contributed by atoms with Crippen molar-refractivity contribution < 1.29 is 19.1 Å². The van der Waals surface area contributed by atoms with Crippen molar-refractivity contribution in [1.82, 2.24) is 10.6 Å². The van der Waals surface area contributed by atoms with Gasteiger partial charge in [0.2, 0.25) is 5.91 Å². The van der Waals surface area contributed by atoms with Gasteiger partial charge in [0.1, 0.15) is 5.75 Å². The molecule has 2 rings (SSSR count). The van der Waals surface area contributed by atoms with Crippen LogP contribution in [0.4, 0.5) is 0 Å². The molecule has 2 aromatic carbocycles. The zero-order valence-electron chi connectivity index (χ0n) is 15.6. The lowest BCUT2D eigenvalue weighted by molar-refractivity contribution is -0.121. The largest absolute Gasteiger partial charge is 0.494 e. The standard InChI is InChI=1S/C21H24N2O4/c1-3-27-18-9-7-16(8-10-18)19(24)11-12-20(25)23-14-15-5-4-6-17(13-15)21(26)22-2/h4-10,13H,3,11-12,14H2,1-2H3,(H,22,26)(H,23,25). The minimum Gasteiger partial charge on any atom is -0.494 e. The summed E-state index contributed by atoms with van der Waals surface area (Å²) in [5, 5.41) is 5.33. The third-order valence-corrected chi connectivity index (χ3v) is 3.97. The number of Topliss-reactive ketones (excluding diaryl/α,β-unsaturated/α-hetero) is 1. The molecule has 0 heterocycles. The second-order valence-electron chi connectivity index (χ2n) is 5.94. The van der Waals surface area contributed by atoms with Gasteiger partial charge in [0.05, 0.1) is 6.61 Å². The summed E-state index contributed by atoms with van der Waals surface area (Å²) in [4.78, 5) is 35.8. The Morgan fingerprint density at radius 1 is 0.963 bits per heavy atom. The fraction of sp³-hybridized carbons (Fsp3) is 0.286. The Kier molecular flexibility index (Phi) is 7.55. The van der Waals surface area contributed by atoms with E-state index in [1.165, 1.54) is 0 Å². The number of amides is 2. The molecular weight excluding hydrogens is 344 g/mol. The summed E-state index contributed by atoms with van der Waals surface area (Å²) in [6, 6.07) is 13.9. The Hall–Kier alpha value is -3.15. The predicted molar refractivity (Wildman–Crippen MR) is 103 cm³/mol. The first kappa shape index (κ1) is 20.2. The molecule has 0 aliphatic heterocycles. The van der Waals surface area contributed by atoms with Crippen LogP contribution < -0.4 is 15.4 Å². The molecule has 0 aliphatic rings. The average Bonchev–Trinajstić information content (AvgIpc) is 2.70. The van der Waals surface area contributed by atoms with Crippen molar-refractivity contribution in [3.05, 3.63) is 65.2 Å². The molecule has 27 heavy (non-hydrogen) atoms. The molecule has 0 saturated carbocycles. The highest BCUT2D eigenvalue weighted by molar-refractivity contribution is 5.98. The molecule has 0 radical (unpaired) electrons. The van der Waals surface area contributed by atoms with Crippen LogP contribution in [0.15, 0.2) is 48.5 Å². The van der Waals surface area contributed by atoms with E-state index >= 15 is 0 Å². The zero-order chi connectivity index (χ0) is 19.6. The third kappa shape index (κ3) is 6.26. The van der Waals surface area contributed by atoms with Crippen LogP contribution in [0.25, 0.3) is 0 Å². The van der Waals surface area contributed by atoms with E-state index in [9.17, 15) is 14.4 Å². The van der Waals surface area contributed by atoms with Crippen LogP contribution in [0, 0.1) is 0 Å². The lowest BCUT2D eigenvalue weighted by Gasteiger charge is -2.07. The Morgan fingerprint density at radius 2 is 1.70 bits per heavy atom. The molecule has 0 aromatic heterocycles. The van der Waals surface area contributed by atoms with Gasteiger partial charge in [-0.05, 0) is 48.9 Å². The molecule has 0 bridgehead atoms. The topological polar surface area (TPSA) is 84.5 Å².